The summed E-state index contributed by atoms with van der Waals surface area (Å²) in [6.45, 7) is 0. The molecule has 3 rings (SSSR count). The highest BCUT2D eigenvalue weighted by molar-refractivity contribution is 6.29. The third-order valence-electron chi connectivity index (χ3n) is 2.73. The third kappa shape index (κ3) is 2.65. The second-order valence-electron chi connectivity index (χ2n) is 4.12. The molecular formula is C15H9ClFN3. The van der Waals surface area contributed by atoms with E-state index in [0.717, 1.165) is 5.56 Å². The lowest BCUT2D eigenvalue weighted by molar-refractivity contribution is 0.628. The molecule has 0 radical (unpaired) electrons. The summed E-state index contributed by atoms with van der Waals surface area (Å²) in [7, 11) is 0. The third-order valence-corrected chi connectivity index (χ3v) is 2.92. The van der Waals surface area contributed by atoms with Gasteiger partial charge in [0.25, 0.3) is 0 Å². The molecule has 0 aliphatic carbocycles. The maximum atomic E-state index is 13.0. The molecule has 0 aliphatic rings. The minimum absolute atomic E-state index is 0.293. The monoisotopic (exact) mass is 285 g/mol. The van der Waals surface area contributed by atoms with Gasteiger partial charge in [0.1, 0.15) is 16.7 Å². The lowest BCUT2D eigenvalue weighted by Gasteiger charge is -2.05. The highest BCUT2D eigenvalue weighted by Gasteiger charge is 2.08. The Kier molecular flexibility index (Phi) is 3.39. The lowest BCUT2D eigenvalue weighted by atomic mass is 10.1. The Morgan fingerprint density at radius 2 is 1.70 bits per heavy atom. The van der Waals surface area contributed by atoms with Crippen LogP contribution in [0, 0.1) is 5.82 Å². The zero-order valence-electron chi connectivity index (χ0n) is 10.3. The number of hydrogen-bond donors (Lipinski definition) is 0. The summed E-state index contributed by atoms with van der Waals surface area (Å²) < 4.78 is 13.0. The largest absolute Gasteiger partial charge is 0.253 e. The zero-order chi connectivity index (χ0) is 13.9. The Balaban J connectivity index is 2.09. The van der Waals surface area contributed by atoms with Gasteiger partial charge in [-0.15, -0.1) is 0 Å². The van der Waals surface area contributed by atoms with Gasteiger partial charge < -0.3 is 0 Å². The molecule has 0 amide bonds. The predicted molar refractivity (Wildman–Crippen MR) is 75.7 cm³/mol. The van der Waals surface area contributed by atoms with Gasteiger partial charge in [0.2, 0.25) is 0 Å². The van der Waals surface area contributed by atoms with Gasteiger partial charge >= 0.3 is 0 Å². The average Bonchev–Trinajstić information content (AvgIpc) is 2.48. The summed E-state index contributed by atoms with van der Waals surface area (Å²) in [5.41, 5.74) is 2.04. The van der Waals surface area contributed by atoms with Crippen LogP contribution in [0.5, 0.6) is 0 Å². The molecule has 0 aliphatic heterocycles. The van der Waals surface area contributed by atoms with Crippen molar-refractivity contribution in [2.75, 3.05) is 0 Å². The first kappa shape index (κ1) is 12.7. The van der Waals surface area contributed by atoms with Gasteiger partial charge in [0.15, 0.2) is 5.82 Å². The molecule has 0 fully saturated rings. The van der Waals surface area contributed by atoms with E-state index in [1.165, 1.54) is 12.1 Å². The van der Waals surface area contributed by atoms with Crippen molar-refractivity contribution in [1.29, 1.82) is 0 Å². The normalized spacial score (nSPS) is 10.5. The van der Waals surface area contributed by atoms with E-state index in [2.05, 4.69) is 15.0 Å². The summed E-state index contributed by atoms with van der Waals surface area (Å²) in [5, 5.41) is 0.319. The molecule has 0 saturated heterocycles. The van der Waals surface area contributed by atoms with Crippen molar-refractivity contribution in [2.45, 2.75) is 0 Å². The van der Waals surface area contributed by atoms with Crippen LogP contribution in [-0.4, -0.2) is 15.0 Å². The smallest absolute Gasteiger partial charge is 0.180 e. The van der Waals surface area contributed by atoms with Crippen molar-refractivity contribution in [3.8, 4) is 22.8 Å². The minimum atomic E-state index is -0.293. The molecule has 3 aromatic rings. The molecule has 0 spiro atoms. The Labute approximate surface area is 120 Å². The van der Waals surface area contributed by atoms with E-state index in [9.17, 15) is 4.39 Å². The zero-order valence-corrected chi connectivity index (χ0v) is 11.0. The summed E-state index contributed by atoms with van der Waals surface area (Å²) in [6, 6.07) is 13.2. The van der Waals surface area contributed by atoms with Crippen molar-refractivity contribution in [1.82, 2.24) is 15.0 Å². The van der Waals surface area contributed by atoms with Gasteiger partial charge in [-0.2, -0.15) is 0 Å². The van der Waals surface area contributed by atoms with Crippen LogP contribution in [-0.2, 0) is 0 Å². The van der Waals surface area contributed by atoms with E-state index in [0.29, 0.717) is 22.4 Å². The maximum Gasteiger partial charge on any atom is 0.180 e. The van der Waals surface area contributed by atoms with Gasteiger partial charge in [0, 0.05) is 17.8 Å². The Morgan fingerprint density at radius 1 is 0.900 bits per heavy atom. The van der Waals surface area contributed by atoms with Crippen molar-refractivity contribution in [3.63, 3.8) is 0 Å². The van der Waals surface area contributed by atoms with Crippen LogP contribution in [0.4, 0.5) is 4.39 Å². The van der Waals surface area contributed by atoms with Crippen LogP contribution in [0.15, 0.2) is 54.7 Å². The number of aromatic nitrogens is 3. The molecule has 0 N–H and O–H groups in total. The summed E-state index contributed by atoms with van der Waals surface area (Å²) in [4.78, 5) is 12.8. The average molecular weight is 286 g/mol. The molecule has 2 aromatic heterocycles. The summed E-state index contributed by atoms with van der Waals surface area (Å²) in [5.74, 6) is 0.149. The number of hydrogen-bond acceptors (Lipinski definition) is 3. The fraction of sp³-hybridized carbons (Fsp3) is 0. The summed E-state index contributed by atoms with van der Waals surface area (Å²) >= 11 is 6.03. The second kappa shape index (κ2) is 5.35. The van der Waals surface area contributed by atoms with Gasteiger partial charge in [-0.25, -0.2) is 14.4 Å². The van der Waals surface area contributed by atoms with Crippen molar-refractivity contribution in [3.05, 3.63) is 65.7 Å². The van der Waals surface area contributed by atoms with Crippen LogP contribution in [0.3, 0.4) is 0 Å². The van der Waals surface area contributed by atoms with Crippen LogP contribution >= 0.6 is 11.6 Å². The van der Waals surface area contributed by atoms with E-state index >= 15 is 0 Å². The van der Waals surface area contributed by atoms with Crippen LogP contribution in [0.1, 0.15) is 0 Å². The highest BCUT2D eigenvalue weighted by Crippen LogP contribution is 2.23. The van der Waals surface area contributed by atoms with E-state index in [-0.39, 0.29) is 5.82 Å². The minimum Gasteiger partial charge on any atom is -0.253 e. The van der Waals surface area contributed by atoms with Crippen molar-refractivity contribution < 1.29 is 4.39 Å². The maximum absolute atomic E-state index is 13.0. The van der Waals surface area contributed by atoms with Gasteiger partial charge in [-0.1, -0.05) is 17.7 Å². The molecule has 0 saturated carbocycles. The number of benzene rings is 1. The number of halogens is 2. The first-order valence-corrected chi connectivity index (χ1v) is 6.32. The molecule has 98 valence electrons. The quantitative estimate of drug-likeness (QED) is 0.668. The van der Waals surface area contributed by atoms with E-state index in [4.69, 9.17) is 11.6 Å². The molecule has 20 heavy (non-hydrogen) atoms. The SMILES string of the molecule is Fc1ccc(-c2cc(Cl)nc(-c3ccccn3)n2)cc1. The first-order chi connectivity index (χ1) is 9.72. The van der Waals surface area contributed by atoms with Crippen molar-refractivity contribution in [2.24, 2.45) is 0 Å². The molecule has 0 unspecified atom stereocenters. The molecular weight excluding hydrogens is 277 g/mol. The lowest BCUT2D eigenvalue weighted by Crippen LogP contribution is -1.94. The predicted octanol–water partition coefficient (Wildman–Crippen LogP) is 4.00. The van der Waals surface area contributed by atoms with E-state index in [1.54, 1.807) is 30.5 Å². The van der Waals surface area contributed by atoms with E-state index < -0.39 is 0 Å². The topological polar surface area (TPSA) is 38.7 Å². The van der Waals surface area contributed by atoms with Crippen LogP contribution in [0.25, 0.3) is 22.8 Å². The highest BCUT2D eigenvalue weighted by atomic mass is 35.5. The van der Waals surface area contributed by atoms with Crippen LogP contribution < -0.4 is 0 Å². The summed E-state index contributed by atoms with van der Waals surface area (Å²) in [6.07, 6.45) is 1.66. The Morgan fingerprint density at radius 3 is 2.40 bits per heavy atom. The fourth-order valence-corrected chi connectivity index (χ4v) is 1.98. The molecule has 2 heterocycles. The fourth-order valence-electron chi connectivity index (χ4n) is 1.80. The molecule has 1 aromatic carbocycles. The molecule has 3 nitrogen and oxygen atoms in total. The van der Waals surface area contributed by atoms with Crippen LogP contribution in [0.2, 0.25) is 5.15 Å². The van der Waals surface area contributed by atoms with Crippen molar-refractivity contribution >= 4 is 11.6 Å². The molecule has 5 heteroatoms. The molecule has 0 bridgehead atoms. The standard InChI is InChI=1S/C15H9ClFN3/c16-14-9-13(10-4-6-11(17)7-5-10)19-15(20-14)12-3-1-2-8-18-12/h1-9H. The van der Waals surface area contributed by atoms with Gasteiger partial charge in [-0.05, 0) is 36.4 Å². The molecule has 0 atom stereocenters. The van der Waals surface area contributed by atoms with E-state index in [1.807, 2.05) is 12.1 Å². The number of rotatable bonds is 2. The van der Waals surface area contributed by atoms with Gasteiger partial charge in [-0.3, -0.25) is 4.98 Å². The van der Waals surface area contributed by atoms with Gasteiger partial charge in [0.05, 0.1) is 5.69 Å². The number of pyridine rings is 1. The Hall–Kier alpha value is -2.33. The number of nitrogens with zero attached hydrogens (tertiary/aromatic N) is 3. The second-order valence-corrected chi connectivity index (χ2v) is 4.51. The first-order valence-electron chi connectivity index (χ1n) is 5.94. The Bertz CT molecular complexity index is 730.